The zero-order valence-corrected chi connectivity index (χ0v) is 18.3. The molecule has 1 aromatic carbocycles. The minimum absolute atomic E-state index is 0.0650. The van der Waals surface area contributed by atoms with Crippen LogP contribution in [-0.2, 0) is 14.3 Å². The van der Waals surface area contributed by atoms with Gasteiger partial charge in [-0.3, -0.25) is 8.98 Å². The minimum Gasteiger partial charge on any atom is -0.496 e. The number of anilines is 2. The summed E-state index contributed by atoms with van der Waals surface area (Å²) < 4.78 is 34.6. The van der Waals surface area contributed by atoms with Crippen molar-refractivity contribution >= 4 is 33.2 Å². The number of rotatable bonds is 8. The van der Waals surface area contributed by atoms with E-state index in [4.69, 9.17) is 20.5 Å². The molecule has 158 valence electrons. The molecule has 1 saturated carbocycles. The Morgan fingerprint density at radius 2 is 2.00 bits per heavy atom. The third kappa shape index (κ3) is 5.29. The number of aromatic nitrogens is 2. The van der Waals surface area contributed by atoms with Gasteiger partial charge < -0.3 is 14.6 Å². The van der Waals surface area contributed by atoms with E-state index in [9.17, 15) is 13.2 Å². The highest BCUT2D eigenvalue weighted by Crippen LogP contribution is 2.40. The van der Waals surface area contributed by atoms with Crippen LogP contribution < -0.4 is 15.6 Å². The van der Waals surface area contributed by atoms with E-state index in [0.717, 1.165) is 36.0 Å². The van der Waals surface area contributed by atoms with Crippen molar-refractivity contribution in [2.24, 2.45) is 5.92 Å². The third-order valence-electron chi connectivity index (χ3n) is 4.87. The van der Waals surface area contributed by atoms with Crippen molar-refractivity contribution in [2.45, 2.75) is 32.7 Å². The lowest BCUT2D eigenvalue weighted by molar-refractivity contribution is 0.236. The topological polar surface area (TPSA) is 99.5 Å². The second-order valence-corrected chi connectivity index (χ2v) is 9.31. The van der Waals surface area contributed by atoms with Crippen molar-refractivity contribution in [1.29, 1.82) is 0 Å². The van der Waals surface area contributed by atoms with Crippen molar-refractivity contribution in [3.63, 3.8) is 0 Å². The standard InChI is InChI=1S/C19H24ClN3O5S/c1-11-8-16(27-3)12(2)7-14(11)21-18-19(24)23(9-17(20)22-18)15(13-5-6-13)10-28-29(4,25)26/h7-9,13,15H,5-6,10H2,1-4H3,(H,21,22)/t15-/m0/s1. The number of aryl methyl sites for hydroxylation is 2. The lowest BCUT2D eigenvalue weighted by Gasteiger charge is -2.20. The van der Waals surface area contributed by atoms with Crippen molar-refractivity contribution in [3.8, 4) is 5.75 Å². The molecule has 1 aromatic heterocycles. The normalized spacial score (nSPS) is 15.2. The van der Waals surface area contributed by atoms with Gasteiger partial charge in [0, 0.05) is 11.9 Å². The summed E-state index contributed by atoms with van der Waals surface area (Å²) in [5.74, 6) is 0.970. The van der Waals surface area contributed by atoms with Crippen LogP contribution in [0.3, 0.4) is 0 Å². The summed E-state index contributed by atoms with van der Waals surface area (Å²) in [6.07, 6.45) is 4.20. The molecule has 0 saturated heterocycles. The second kappa shape index (κ2) is 8.33. The van der Waals surface area contributed by atoms with Crippen molar-refractivity contribution in [2.75, 3.05) is 25.3 Å². The van der Waals surface area contributed by atoms with Crippen molar-refractivity contribution < 1.29 is 17.3 Å². The summed E-state index contributed by atoms with van der Waals surface area (Å²) >= 11 is 6.18. The highest BCUT2D eigenvalue weighted by molar-refractivity contribution is 7.85. The maximum atomic E-state index is 13.1. The van der Waals surface area contributed by atoms with E-state index in [1.54, 1.807) is 7.11 Å². The predicted octanol–water partition coefficient (Wildman–Crippen LogP) is 3.19. The van der Waals surface area contributed by atoms with E-state index in [0.29, 0.717) is 5.69 Å². The molecule has 0 radical (unpaired) electrons. The molecule has 29 heavy (non-hydrogen) atoms. The smallest absolute Gasteiger partial charge is 0.294 e. The molecule has 1 N–H and O–H groups in total. The molecule has 0 amide bonds. The van der Waals surface area contributed by atoms with Gasteiger partial charge in [-0.25, -0.2) is 4.98 Å². The zero-order chi connectivity index (χ0) is 21.3. The molecule has 3 rings (SSSR count). The summed E-state index contributed by atoms with van der Waals surface area (Å²) in [6.45, 7) is 3.67. The second-order valence-electron chi connectivity index (χ2n) is 7.28. The number of benzene rings is 1. The third-order valence-corrected chi connectivity index (χ3v) is 5.62. The number of ether oxygens (including phenoxy) is 1. The SMILES string of the molecule is COc1cc(C)c(Nc2nc(Cl)cn([C@@H](COS(C)(=O)=O)C3CC3)c2=O)cc1C. The van der Waals surface area contributed by atoms with Gasteiger partial charge in [0.15, 0.2) is 5.82 Å². The molecule has 1 fully saturated rings. The number of methoxy groups -OCH3 is 1. The zero-order valence-electron chi connectivity index (χ0n) is 16.7. The van der Waals surface area contributed by atoms with Gasteiger partial charge >= 0.3 is 0 Å². The first-order valence-corrected chi connectivity index (χ1v) is 11.3. The van der Waals surface area contributed by atoms with E-state index in [-0.39, 0.29) is 23.5 Å². The monoisotopic (exact) mass is 441 g/mol. The molecule has 0 unspecified atom stereocenters. The predicted molar refractivity (Wildman–Crippen MR) is 112 cm³/mol. The number of nitrogens with zero attached hydrogens (tertiary/aromatic N) is 2. The fraction of sp³-hybridized carbons (Fsp3) is 0.474. The van der Waals surface area contributed by atoms with Gasteiger partial charge in [-0.2, -0.15) is 8.42 Å². The Bertz CT molecular complexity index is 1080. The van der Waals surface area contributed by atoms with Crippen LogP contribution in [0.25, 0.3) is 0 Å². The first kappa shape index (κ1) is 21.6. The highest BCUT2D eigenvalue weighted by Gasteiger charge is 2.34. The van der Waals surface area contributed by atoms with Crippen molar-refractivity contribution in [3.05, 3.63) is 45.0 Å². The maximum Gasteiger partial charge on any atom is 0.294 e. The lowest BCUT2D eigenvalue weighted by Crippen LogP contribution is -2.31. The van der Waals surface area contributed by atoms with Gasteiger partial charge in [-0.1, -0.05) is 11.6 Å². The lowest BCUT2D eigenvalue weighted by atomic mass is 10.1. The first-order valence-electron chi connectivity index (χ1n) is 9.14. The average molecular weight is 442 g/mol. The van der Waals surface area contributed by atoms with Gasteiger partial charge in [-0.15, -0.1) is 0 Å². The Labute approximate surface area is 174 Å². The summed E-state index contributed by atoms with van der Waals surface area (Å²) in [7, 11) is -2.02. The largest absolute Gasteiger partial charge is 0.496 e. The van der Waals surface area contributed by atoms with E-state index < -0.39 is 21.7 Å². The van der Waals surface area contributed by atoms with E-state index in [2.05, 4.69) is 10.3 Å². The summed E-state index contributed by atoms with van der Waals surface area (Å²) in [6, 6.07) is 3.30. The van der Waals surface area contributed by atoms with Gasteiger partial charge in [0.1, 0.15) is 10.9 Å². The van der Waals surface area contributed by atoms with Gasteiger partial charge in [0.05, 0.1) is 26.0 Å². The van der Waals surface area contributed by atoms with E-state index in [1.807, 2.05) is 26.0 Å². The molecule has 0 bridgehead atoms. The van der Waals surface area contributed by atoms with Gasteiger partial charge in [-0.05, 0) is 55.9 Å². The van der Waals surface area contributed by atoms with Crippen LogP contribution in [0.5, 0.6) is 5.75 Å². The highest BCUT2D eigenvalue weighted by atomic mass is 35.5. The van der Waals surface area contributed by atoms with Crippen LogP contribution in [0.15, 0.2) is 23.1 Å². The fourth-order valence-electron chi connectivity index (χ4n) is 3.20. The Kier molecular flexibility index (Phi) is 6.21. The summed E-state index contributed by atoms with van der Waals surface area (Å²) in [4.78, 5) is 17.2. The van der Waals surface area contributed by atoms with Crippen molar-refractivity contribution in [1.82, 2.24) is 9.55 Å². The fourth-order valence-corrected chi connectivity index (χ4v) is 3.77. The Morgan fingerprint density at radius 1 is 1.31 bits per heavy atom. The molecule has 1 heterocycles. The summed E-state index contributed by atoms with van der Waals surface area (Å²) in [5.41, 5.74) is 2.09. The number of hydrogen-bond acceptors (Lipinski definition) is 7. The van der Waals surface area contributed by atoms with Crippen LogP contribution in [-0.4, -0.2) is 37.9 Å². The Morgan fingerprint density at radius 3 is 2.59 bits per heavy atom. The van der Waals surface area contributed by atoms with E-state index >= 15 is 0 Å². The number of hydrogen-bond donors (Lipinski definition) is 1. The van der Waals surface area contributed by atoms with Gasteiger partial charge in [0.25, 0.3) is 15.7 Å². The van der Waals surface area contributed by atoms with Crippen LogP contribution in [0.4, 0.5) is 11.5 Å². The molecule has 2 aromatic rings. The molecule has 10 heteroatoms. The minimum atomic E-state index is -3.62. The number of halogens is 1. The Hall–Kier alpha value is -2.10. The van der Waals surface area contributed by atoms with Crippen LogP contribution in [0, 0.1) is 19.8 Å². The van der Waals surface area contributed by atoms with Crippen LogP contribution >= 0.6 is 11.6 Å². The number of nitrogens with one attached hydrogen (secondary N) is 1. The molecule has 0 aliphatic heterocycles. The van der Waals surface area contributed by atoms with Crippen LogP contribution in [0.2, 0.25) is 5.15 Å². The van der Waals surface area contributed by atoms with E-state index in [1.165, 1.54) is 10.8 Å². The molecule has 8 nitrogen and oxygen atoms in total. The first-order chi connectivity index (χ1) is 13.6. The summed E-state index contributed by atoms with van der Waals surface area (Å²) in [5, 5.41) is 3.18. The van der Waals surface area contributed by atoms with Crippen LogP contribution in [0.1, 0.15) is 30.0 Å². The molecule has 1 aliphatic carbocycles. The molecular weight excluding hydrogens is 418 g/mol. The molecular formula is C19H24ClN3O5S. The quantitative estimate of drug-likeness (QED) is 0.628. The maximum absolute atomic E-state index is 13.1. The Balaban J connectivity index is 1.97. The average Bonchev–Trinajstić information content (AvgIpc) is 3.45. The van der Waals surface area contributed by atoms with Gasteiger partial charge in [0.2, 0.25) is 0 Å². The molecule has 1 aliphatic rings. The molecule has 1 atom stereocenters. The molecule has 0 spiro atoms.